The molecule has 0 saturated heterocycles. The first kappa shape index (κ1) is 16.5. The zero-order chi connectivity index (χ0) is 15.1. The smallest absolute Gasteiger partial charge is 0.0931 e. The molecule has 1 unspecified atom stereocenters. The van der Waals surface area contributed by atoms with Gasteiger partial charge in [0.25, 0.3) is 0 Å². The van der Waals surface area contributed by atoms with Crippen LogP contribution in [0.15, 0.2) is 29.6 Å². The fourth-order valence-electron chi connectivity index (χ4n) is 2.44. The molecule has 0 bridgehead atoms. The molecule has 0 radical (unpaired) electrons. The normalized spacial score (nSPS) is 12.5. The number of hydrogen-bond donors (Lipinski definition) is 1. The maximum Gasteiger partial charge on any atom is 0.0931 e. The predicted octanol–water partition coefficient (Wildman–Crippen LogP) is 4.51. The molecule has 1 aromatic heterocycles. The third-order valence-corrected chi connectivity index (χ3v) is 4.63. The van der Waals surface area contributed by atoms with Gasteiger partial charge < -0.3 is 5.32 Å². The lowest BCUT2D eigenvalue weighted by molar-refractivity contribution is 0.470. The molecule has 1 N–H and O–H groups in total. The Hall–Kier alpha value is -0.900. The van der Waals surface area contributed by atoms with Gasteiger partial charge >= 0.3 is 0 Å². The maximum absolute atomic E-state index is 6.09. The van der Waals surface area contributed by atoms with Gasteiger partial charge in [0, 0.05) is 22.5 Å². The molecule has 0 spiro atoms. The summed E-state index contributed by atoms with van der Waals surface area (Å²) >= 11 is 7.86. The van der Waals surface area contributed by atoms with Gasteiger partial charge in [0.15, 0.2) is 0 Å². The van der Waals surface area contributed by atoms with Crippen LogP contribution in [0.3, 0.4) is 0 Å². The molecular formula is C17H23ClN2S. The topological polar surface area (TPSA) is 24.9 Å². The molecule has 4 heteroatoms. The van der Waals surface area contributed by atoms with Crippen molar-refractivity contribution in [2.24, 2.45) is 5.92 Å². The molecule has 0 aliphatic heterocycles. The summed E-state index contributed by atoms with van der Waals surface area (Å²) < 4.78 is 0. The number of aryl methyl sites for hydroxylation is 1. The van der Waals surface area contributed by atoms with E-state index in [0.717, 1.165) is 36.6 Å². The van der Waals surface area contributed by atoms with Gasteiger partial charge in [-0.15, -0.1) is 11.3 Å². The van der Waals surface area contributed by atoms with Crippen LogP contribution in [-0.4, -0.2) is 18.1 Å². The van der Waals surface area contributed by atoms with E-state index in [-0.39, 0.29) is 0 Å². The Kier molecular flexibility index (Phi) is 6.68. The Morgan fingerprint density at radius 1 is 1.33 bits per heavy atom. The fourth-order valence-corrected chi connectivity index (χ4v) is 3.54. The first-order chi connectivity index (χ1) is 10.2. The van der Waals surface area contributed by atoms with Crippen LogP contribution in [0.4, 0.5) is 0 Å². The summed E-state index contributed by atoms with van der Waals surface area (Å²) in [6, 6.07) is 8.19. The Morgan fingerprint density at radius 2 is 2.19 bits per heavy atom. The number of rotatable bonds is 8. The van der Waals surface area contributed by atoms with Gasteiger partial charge in [-0.1, -0.05) is 30.7 Å². The summed E-state index contributed by atoms with van der Waals surface area (Å²) in [5, 5.41) is 7.72. The second kappa shape index (κ2) is 8.52. The SMILES string of the molecule is CCCNCC(Cc1cccc(Cl)c1)Cc1nc(C)cs1. The molecule has 114 valence electrons. The first-order valence-corrected chi connectivity index (χ1v) is 8.79. The van der Waals surface area contributed by atoms with Crippen LogP contribution in [0.2, 0.25) is 5.02 Å². The lowest BCUT2D eigenvalue weighted by Crippen LogP contribution is -2.26. The molecule has 0 fully saturated rings. The lowest BCUT2D eigenvalue weighted by atomic mass is 9.96. The molecule has 0 saturated carbocycles. The minimum atomic E-state index is 0.556. The van der Waals surface area contributed by atoms with Crippen LogP contribution in [0, 0.1) is 12.8 Å². The Bertz CT molecular complexity index is 553. The first-order valence-electron chi connectivity index (χ1n) is 7.53. The Labute approximate surface area is 136 Å². The number of thiazole rings is 1. The summed E-state index contributed by atoms with van der Waals surface area (Å²) in [5.74, 6) is 0.556. The third-order valence-electron chi connectivity index (χ3n) is 3.40. The molecule has 2 nitrogen and oxygen atoms in total. The molecule has 0 aliphatic rings. The number of aromatic nitrogens is 1. The van der Waals surface area contributed by atoms with Crippen LogP contribution < -0.4 is 5.32 Å². The van der Waals surface area contributed by atoms with E-state index in [1.54, 1.807) is 11.3 Å². The van der Waals surface area contributed by atoms with E-state index in [0.29, 0.717) is 5.92 Å². The zero-order valence-corrected chi connectivity index (χ0v) is 14.3. The Morgan fingerprint density at radius 3 is 2.86 bits per heavy atom. The average molecular weight is 323 g/mol. The molecule has 0 amide bonds. The molecule has 2 rings (SSSR count). The van der Waals surface area contributed by atoms with Crippen molar-refractivity contribution in [3.63, 3.8) is 0 Å². The highest BCUT2D eigenvalue weighted by Crippen LogP contribution is 2.19. The van der Waals surface area contributed by atoms with Crippen molar-refractivity contribution in [2.75, 3.05) is 13.1 Å². The van der Waals surface area contributed by atoms with Gasteiger partial charge in [-0.05, 0) is 56.5 Å². The molecule has 1 atom stereocenters. The molecular weight excluding hydrogens is 300 g/mol. The third kappa shape index (κ3) is 5.77. The van der Waals surface area contributed by atoms with Crippen LogP contribution in [0.25, 0.3) is 0 Å². The van der Waals surface area contributed by atoms with E-state index >= 15 is 0 Å². The van der Waals surface area contributed by atoms with Crippen LogP contribution in [0.5, 0.6) is 0 Å². The van der Waals surface area contributed by atoms with E-state index < -0.39 is 0 Å². The van der Waals surface area contributed by atoms with Gasteiger partial charge in [-0.25, -0.2) is 4.98 Å². The van der Waals surface area contributed by atoms with Crippen molar-refractivity contribution in [3.05, 3.63) is 50.9 Å². The second-order valence-electron chi connectivity index (χ2n) is 5.49. The minimum absolute atomic E-state index is 0.556. The zero-order valence-electron chi connectivity index (χ0n) is 12.7. The van der Waals surface area contributed by atoms with Gasteiger partial charge in [0.05, 0.1) is 5.01 Å². The quantitative estimate of drug-likeness (QED) is 0.723. The van der Waals surface area contributed by atoms with Crippen molar-refractivity contribution < 1.29 is 0 Å². The number of halogens is 1. The largest absolute Gasteiger partial charge is 0.316 e. The minimum Gasteiger partial charge on any atom is -0.316 e. The van der Waals surface area contributed by atoms with E-state index in [1.807, 2.05) is 12.1 Å². The van der Waals surface area contributed by atoms with Crippen molar-refractivity contribution in [1.82, 2.24) is 10.3 Å². The monoisotopic (exact) mass is 322 g/mol. The van der Waals surface area contributed by atoms with Crippen molar-refractivity contribution in [1.29, 1.82) is 0 Å². The van der Waals surface area contributed by atoms with Gasteiger partial charge in [0.2, 0.25) is 0 Å². The number of benzene rings is 1. The lowest BCUT2D eigenvalue weighted by Gasteiger charge is -2.17. The van der Waals surface area contributed by atoms with Gasteiger partial charge in [-0.2, -0.15) is 0 Å². The number of hydrogen-bond acceptors (Lipinski definition) is 3. The highest BCUT2D eigenvalue weighted by Gasteiger charge is 2.13. The van der Waals surface area contributed by atoms with E-state index in [2.05, 4.69) is 41.7 Å². The summed E-state index contributed by atoms with van der Waals surface area (Å²) in [6.07, 6.45) is 3.23. The van der Waals surface area contributed by atoms with E-state index in [1.165, 1.54) is 17.0 Å². The molecule has 21 heavy (non-hydrogen) atoms. The second-order valence-corrected chi connectivity index (χ2v) is 6.87. The molecule has 1 aromatic carbocycles. The predicted molar refractivity (Wildman–Crippen MR) is 92.4 cm³/mol. The molecule has 1 heterocycles. The summed E-state index contributed by atoms with van der Waals surface area (Å²) in [5.41, 5.74) is 2.43. The Balaban J connectivity index is 2.00. The average Bonchev–Trinajstić information content (AvgIpc) is 2.84. The highest BCUT2D eigenvalue weighted by atomic mass is 35.5. The maximum atomic E-state index is 6.09. The van der Waals surface area contributed by atoms with E-state index in [4.69, 9.17) is 11.6 Å². The molecule has 0 aliphatic carbocycles. The number of nitrogens with one attached hydrogen (secondary N) is 1. The molecule has 2 aromatic rings. The van der Waals surface area contributed by atoms with Crippen molar-refractivity contribution in [2.45, 2.75) is 33.1 Å². The van der Waals surface area contributed by atoms with Crippen LogP contribution in [-0.2, 0) is 12.8 Å². The summed E-state index contributed by atoms with van der Waals surface area (Å²) in [6.45, 7) is 6.35. The standard InChI is InChI=1S/C17H23ClN2S/c1-3-7-19-11-15(10-17-20-13(2)12-21-17)8-14-5-4-6-16(18)9-14/h4-6,9,12,15,19H,3,7-8,10-11H2,1-2H3. The highest BCUT2D eigenvalue weighted by molar-refractivity contribution is 7.09. The summed E-state index contributed by atoms with van der Waals surface area (Å²) in [7, 11) is 0. The van der Waals surface area contributed by atoms with Gasteiger partial charge in [0.1, 0.15) is 0 Å². The van der Waals surface area contributed by atoms with E-state index in [9.17, 15) is 0 Å². The van der Waals surface area contributed by atoms with Gasteiger partial charge in [-0.3, -0.25) is 0 Å². The number of nitrogens with zero attached hydrogens (tertiary/aromatic N) is 1. The van der Waals surface area contributed by atoms with Crippen molar-refractivity contribution >= 4 is 22.9 Å². The fraction of sp³-hybridized carbons (Fsp3) is 0.471. The van der Waals surface area contributed by atoms with Crippen LogP contribution in [0.1, 0.15) is 29.6 Å². The summed E-state index contributed by atoms with van der Waals surface area (Å²) in [4.78, 5) is 4.60. The van der Waals surface area contributed by atoms with Crippen molar-refractivity contribution in [3.8, 4) is 0 Å². The van der Waals surface area contributed by atoms with Crippen LogP contribution >= 0.6 is 22.9 Å².